The number of aromatic nitrogens is 1. The molecule has 0 aliphatic carbocycles. The van der Waals surface area contributed by atoms with Gasteiger partial charge < -0.3 is 4.90 Å². The van der Waals surface area contributed by atoms with Gasteiger partial charge in [-0.2, -0.15) is 0 Å². The second kappa shape index (κ2) is 5.71. The molecule has 0 bridgehead atoms. The van der Waals surface area contributed by atoms with Crippen LogP contribution in [0.2, 0.25) is 0 Å². The molecule has 1 rings (SSSR count). The molecule has 14 heavy (non-hydrogen) atoms. The second-order valence-electron chi connectivity index (χ2n) is 3.03. The molecule has 0 aliphatic rings. The van der Waals surface area contributed by atoms with Crippen LogP contribution in [0.15, 0.2) is 16.7 Å². The highest BCUT2D eigenvalue weighted by Crippen LogP contribution is 2.26. The lowest BCUT2D eigenvalue weighted by atomic mass is 10.3. The van der Waals surface area contributed by atoms with Crippen molar-refractivity contribution in [3.05, 3.63) is 22.3 Å². The molecule has 4 heteroatoms. The molecule has 0 aromatic carbocycles. The molecule has 78 valence electrons. The molecular weight excluding hydrogens is 308 g/mol. The third-order valence-electron chi connectivity index (χ3n) is 2.10. The summed E-state index contributed by atoms with van der Waals surface area (Å²) in [6, 6.07) is 2.01. The minimum atomic E-state index is 0.961. The van der Waals surface area contributed by atoms with E-state index in [0.717, 1.165) is 28.7 Å². The Morgan fingerprint density at radius 2 is 2.21 bits per heavy atom. The minimum absolute atomic E-state index is 0.961. The number of anilines is 1. The fraction of sp³-hybridized carbons (Fsp3) is 0.500. The van der Waals surface area contributed by atoms with Gasteiger partial charge in [0.05, 0.1) is 4.47 Å². The highest BCUT2D eigenvalue weighted by Gasteiger charge is 2.10. The van der Waals surface area contributed by atoms with Crippen LogP contribution in [-0.4, -0.2) is 23.4 Å². The van der Waals surface area contributed by atoms with E-state index >= 15 is 0 Å². The first-order valence-electron chi connectivity index (χ1n) is 4.62. The van der Waals surface area contributed by atoms with E-state index in [-0.39, 0.29) is 0 Å². The van der Waals surface area contributed by atoms with Gasteiger partial charge in [-0.05, 0) is 41.4 Å². The van der Waals surface area contributed by atoms with Crippen molar-refractivity contribution in [3.63, 3.8) is 0 Å². The molecule has 0 unspecified atom stereocenters. The number of halogens is 2. The van der Waals surface area contributed by atoms with Crippen molar-refractivity contribution < 1.29 is 0 Å². The summed E-state index contributed by atoms with van der Waals surface area (Å²) in [5.41, 5.74) is 1.23. The van der Waals surface area contributed by atoms with Crippen LogP contribution >= 0.6 is 31.9 Å². The van der Waals surface area contributed by atoms with Crippen LogP contribution in [0, 0.1) is 6.92 Å². The van der Waals surface area contributed by atoms with E-state index < -0.39 is 0 Å². The van der Waals surface area contributed by atoms with E-state index in [0.29, 0.717) is 0 Å². The Hall–Kier alpha value is -0.0900. The van der Waals surface area contributed by atoms with Crippen molar-refractivity contribution in [2.24, 2.45) is 0 Å². The van der Waals surface area contributed by atoms with Crippen molar-refractivity contribution in [1.82, 2.24) is 4.98 Å². The minimum Gasteiger partial charge on any atom is -0.355 e. The van der Waals surface area contributed by atoms with Gasteiger partial charge in [-0.1, -0.05) is 15.9 Å². The maximum Gasteiger partial charge on any atom is 0.143 e. The van der Waals surface area contributed by atoms with E-state index in [1.165, 1.54) is 5.56 Å². The average Bonchev–Trinajstić information content (AvgIpc) is 2.19. The van der Waals surface area contributed by atoms with Crippen molar-refractivity contribution >= 4 is 37.7 Å². The van der Waals surface area contributed by atoms with Gasteiger partial charge in [-0.15, -0.1) is 0 Å². The lowest BCUT2D eigenvalue weighted by Crippen LogP contribution is -2.26. The van der Waals surface area contributed by atoms with Gasteiger partial charge in [0, 0.05) is 24.6 Å². The van der Waals surface area contributed by atoms with Crippen LogP contribution < -0.4 is 4.90 Å². The quantitative estimate of drug-likeness (QED) is 0.790. The summed E-state index contributed by atoms with van der Waals surface area (Å²) >= 11 is 7.02. The fourth-order valence-corrected chi connectivity index (χ4v) is 2.18. The van der Waals surface area contributed by atoms with Gasteiger partial charge in [-0.3, -0.25) is 0 Å². The zero-order valence-corrected chi connectivity index (χ0v) is 11.6. The van der Waals surface area contributed by atoms with Gasteiger partial charge >= 0.3 is 0 Å². The number of hydrogen-bond donors (Lipinski definition) is 0. The SMILES string of the molecule is CCN(CCBr)c1nccc(C)c1Br. The summed E-state index contributed by atoms with van der Waals surface area (Å²) in [7, 11) is 0. The Bertz CT molecular complexity index is 302. The van der Waals surface area contributed by atoms with Gasteiger partial charge in [0.15, 0.2) is 0 Å². The van der Waals surface area contributed by atoms with E-state index in [4.69, 9.17) is 0 Å². The summed E-state index contributed by atoms with van der Waals surface area (Å²) in [6.07, 6.45) is 1.85. The van der Waals surface area contributed by atoms with Gasteiger partial charge in [0.2, 0.25) is 0 Å². The lowest BCUT2D eigenvalue weighted by molar-refractivity contribution is 0.849. The Morgan fingerprint density at radius 3 is 2.79 bits per heavy atom. The highest BCUT2D eigenvalue weighted by atomic mass is 79.9. The number of aryl methyl sites for hydroxylation is 1. The zero-order chi connectivity index (χ0) is 10.6. The molecule has 0 saturated heterocycles. The molecule has 0 saturated carbocycles. The number of nitrogens with zero attached hydrogens (tertiary/aromatic N) is 2. The Balaban J connectivity index is 2.97. The van der Waals surface area contributed by atoms with Crippen molar-refractivity contribution in [1.29, 1.82) is 0 Å². The Labute approximate surface area is 102 Å². The first kappa shape index (κ1) is 12.0. The number of alkyl halides is 1. The molecule has 2 nitrogen and oxygen atoms in total. The topological polar surface area (TPSA) is 16.1 Å². The first-order chi connectivity index (χ1) is 6.70. The standard InChI is InChI=1S/C10H14Br2N2/c1-3-14(7-5-11)10-9(12)8(2)4-6-13-10/h4,6H,3,5,7H2,1-2H3. The molecule has 1 aromatic heterocycles. The summed E-state index contributed by atoms with van der Waals surface area (Å²) < 4.78 is 1.10. The van der Waals surface area contributed by atoms with E-state index in [1.807, 2.05) is 12.3 Å². The van der Waals surface area contributed by atoms with E-state index in [1.54, 1.807) is 0 Å². The highest BCUT2D eigenvalue weighted by molar-refractivity contribution is 9.10. The number of rotatable bonds is 4. The van der Waals surface area contributed by atoms with Crippen LogP contribution in [0.25, 0.3) is 0 Å². The van der Waals surface area contributed by atoms with Crippen LogP contribution in [0.1, 0.15) is 12.5 Å². The summed E-state index contributed by atoms with van der Waals surface area (Å²) in [4.78, 5) is 6.63. The van der Waals surface area contributed by atoms with Gasteiger partial charge in [-0.25, -0.2) is 4.98 Å². The predicted octanol–water partition coefficient (Wildman–Crippen LogP) is 3.37. The van der Waals surface area contributed by atoms with Crippen LogP contribution in [0.3, 0.4) is 0 Å². The monoisotopic (exact) mass is 320 g/mol. The van der Waals surface area contributed by atoms with E-state index in [2.05, 4.69) is 55.6 Å². The van der Waals surface area contributed by atoms with Gasteiger partial charge in [0.1, 0.15) is 5.82 Å². The van der Waals surface area contributed by atoms with Gasteiger partial charge in [0.25, 0.3) is 0 Å². The third-order valence-corrected chi connectivity index (χ3v) is 3.43. The second-order valence-corrected chi connectivity index (χ2v) is 4.62. The Kier molecular flexibility index (Phi) is 4.89. The molecule has 1 heterocycles. The zero-order valence-electron chi connectivity index (χ0n) is 8.43. The molecule has 0 aliphatic heterocycles. The fourth-order valence-electron chi connectivity index (χ4n) is 1.26. The molecule has 0 fully saturated rings. The van der Waals surface area contributed by atoms with Crippen LogP contribution in [-0.2, 0) is 0 Å². The smallest absolute Gasteiger partial charge is 0.143 e. The van der Waals surface area contributed by atoms with Crippen LogP contribution in [0.5, 0.6) is 0 Å². The predicted molar refractivity (Wildman–Crippen MR) is 68.4 cm³/mol. The maximum atomic E-state index is 4.39. The molecule has 0 N–H and O–H groups in total. The Morgan fingerprint density at radius 1 is 1.50 bits per heavy atom. The number of hydrogen-bond acceptors (Lipinski definition) is 2. The molecular formula is C10H14Br2N2. The number of pyridine rings is 1. The van der Waals surface area contributed by atoms with Crippen molar-refractivity contribution in [2.75, 3.05) is 23.3 Å². The molecule has 1 aromatic rings. The lowest BCUT2D eigenvalue weighted by Gasteiger charge is -2.22. The van der Waals surface area contributed by atoms with Crippen molar-refractivity contribution in [2.45, 2.75) is 13.8 Å². The maximum absolute atomic E-state index is 4.39. The average molecular weight is 322 g/mol. The molecule has 0 atom stereocenters. The summed E-state index contributed by atoms with van der Waals surface area (Å²) in [5, 5.41) is 0.961. The van der Waals surface area contributed by atoms with E-state index in [9.17, 15) is 0 Å². The van der Waals surface area contributed by atoms with Crippen LogP contribution in [0.4, 0.5) is 5.82 Å². The molecule has 0 amide bonds. The summed E-state index contributed by atoms with van der Waals surface area (Å²) in [5.74, 6) is 1.03. The first-order valence-corrected chi connectivity index (χ1v) is 6.54. The molecule has 0 radical (unpaired) electrons. The summed E-state index contributed by atoms with van der Waals surface area (Å²) in [6.45, 7) is 6.17. The molecule has 0 spiro atoms. The normalized spacial score (nSPS) is 10.3. The largest absolute Gasteiger partial charge is 0.355 e. The van der Waals surface area contributed by atoms with Crippen molar-refractivity contribution in [3.8, 4) is 0 Å². The third kappa shape index (κ3) is 2.70.